The molecule has 0 radical (unpaired) electrons. The first-order chi connectivity index (χ1) is 13.4. The Morgan fingerprint density at radius 3 is 2.36 bits per heavy atom. The van der Waals surface area contributed by atoms with Crippen molar-refractivity contribution in [2.45, 2.75) is 58.9 Å². The molecule has 1 unspecified atom stereocenters. The molecule has 1 fully saturated rings. The van der Waals surface area contributed by atoms with E-state index in [9.17, 15) is 14.4 Å². The summed E-state index contributed by atoms with van der Waals surface area (Å²) in [5.74, 6) is -0.0366. The van der Waals surface area contributed by atoms with Crippen molar-refractivity contribution in [2.75, 3.05) is 19.6 Å². The highest BCUT2D eigenvalue weighted by Crippen LogP contribution is 2.22. The van der Waals surface area contributed by atoms with E-state index in [1.165, 1.54) is 6.92 Å². The number of hydrogen-bond acceptors (Lipinski definition) is 3. The van der Waals surface area contributed by atoms with E-state index in [-0.39, 0.29) is 36.1 Å². The molecule has 1 saturated heterocycles. The van der Waals surface area contributed by atoms with Gasteiger partial charge in [-0.2, -0.15) is 0 Å². The number of rotatable bonds is 8. The first-order valence-electron chi connectivity index (χ1n) is 10.3. The van der Waals surface area contributed by atoms with Gasteiger partial charge in [0.1, 0.15) is 0 Å². The van der Waals surface area contributed by atoms with Crippen LogP contribution in [0.25, 0.3) is 0 Å². The molecule has 2 N–H and O–H groups in total. The Morgan fingerprint density at radius 2 is 1.79 bits per heavy atom. The molecule has 2 rings (SSSR count). The summed E-state index contributed by atoms with van der Waals surface area (Å²) >= 11 is 0. The Labute approximate surface area is 168 Å². The van der Waals surface area contributed by atoms with E-state index in [0.717, 1.165) is 30.5 Å². The predicted molar refractivity (Wildman–Crippen MR) is 110 cm³/mol. The van der Waals surface area contributed by atoms with Gasteiger partial charge in [-0.05, 0) is 31.7 Å². The fraction of sp³-hybridized carbons (Fsp3) is 0.591. The highest BCUT2D eigenvalue weighted by Gasteiger charge is 2.28. The van der Waals surface area contributed by atoms with Crippen LogP contribution in [0.15, 0.2) is 24.3 Å². The monoisotopic (exact) mass is 387 g/mol. The zero-order chi connectivity index (χ0) is 20.5. The molecule has 1 aromatic rings. The number of benzene rings is 1. The largest absolute Gasteiger partial charge is 0.356 e. The molecule has 0 aromatic heterocycles. The lowest BCUT2D eigenvalue weighted by Crippen LogP contribution is -2.44. The van der Waals surface area contributed by atoms with Gasteiger partial charge in [0.05, 0.1) is 12.5 Å². The number of nitrogens with zero attached hydrogens (tertiary/aromatic N) is 1. The molecule has 0 saturated carbocycles. The van der Waals surface area contributed by atoms with Gasteiger partial charge in [0.25, 0.3) is 0 Å². The molecule has 1 aliphatic heterocycles. The van der Waals surface area contributed by atoms with Gasteiger partial charge in [0.15, 0.2) is 0 Å². The molecule has 0 aliphatic carbocycles. The molecular weight excluding hydrogens is 354 g/mol. The van der Waals surface area contributed by atoms with Crippen LogP contribution in [0.5, 0.6) is 0 Å². The summed E-state index contributed by atoms with van der Waals surface area (Å²) in [5.41, 5.74) is 2.07. The molecule has 1 heterocycles. The number of amides is 3. The normalized spacial score (nSPS) is 15.8. The summed E-state index contributed by atoms with van der Waals surface area (Å²) in [4.78, 5) is 38.4. The summed E-state index contributed by atoms with van der Waals surface area (Å²) in [7, 11) is 0. The standard InChI is InChI=1S/C22H33N3O3/c1-4-5-12-23-22(28)19-10-13-25(14-11-19)21(27)15-20(24-17(3)26)18-8-6-16(2)7-9-18/h6-9,19-20H,4-5,10-15H2,1-3H3,(H,23,28)(H,24,26). The fourth-order valence-electron chi connectivity index (χ4n) is 3.52. The summed E-state index contributed by atoms with van der Waals surface area (Å²) < 4.78 is 0. The van der Waals surface area contributed by atoms with Gasteiger partial charge < -0.3 is 15.5 Å². The van der Waals surface area contributed by atoms with Crippen LogP contribution in [0.1, 0.15) is 63.1 Å². The Bertz CT molecular complexity index is 664. The van der Waals surface area contributed by atoms with E-state index in [1.807, 2.05) is 36.1 Å². The number of hydrogen-bond donors (Lipinski definition) is 2. The van der Waals surface area contributed by atoms with Gasteiger partial charge in [-0.1, -0.05) is 43.2 Å². The third-order valence-electron chi connectivity index (χ3n) is 5.28. The third kappa shape index (κ3) is 6.66. The van der Waals surface area contributed by atoms with Crippen molar-refractivity contribution in [1.82, 2.24) is 15.5 Å². The number of likely N-dealkylation sites (tertiary alicyclic amines) is 1. The van der Waals surface area contributed by atoms with Crippen LogP contribution in [0.4, 0.5) is 0 Å². The maximum atomic E-state index is 12.8. The Balaban J connectivity index is 1.89. The number of piperidine rings is 1. The Morgan fingerprint density at radius 1 is 1.14 bits per heavy atom. The highest BCUT2D eigenvalue weighted by molar-refractivity contribution is 5.81. The molecule has 0 bridgehead atoms. The molecule has 6 heteroatoms. The van der Waals surface area contributed by atoms with Gasteiger partial charge in [-0.3, -0.25) is 14.4 Å². The third-order valence-corrected chi connectivity index (χ3v) is 5.28. The van der Waals surface area contributed by atoms with E-state index in [1.54, 1.807) is 0 Å². The van der Waals surface area contributed by atoms with E-state index >= 15 is 0 Å². The second-order valence-corrected chi connectivity index (χ2v) is 7.67. The average molecular weight is 388 g/mol. The van der Waals surface area contributed by atoms with E-state index in [2.05, 4.69) is 17.6 Å². The lowest BCUT2D eigenvalue weighted by atomic mass is 9.95. The number of carbonyl (C=O) groups excluding carboxylic acids is 3. The topological polar surface area (TPSA) is 78.5 Å². The maximum Gasteiger partial charge on any atom is 0.224 e. The van der Waals surface area contributed by atoms with Gasteiger partial charge in [0, 0.05) is 32.5 Å². The molecular formula is C22H33N3O3. The molecule has 1 aliphatic rings. The van der Waals surface area contributed by atoms with Gasteiger partial charge in [0.2, 0.25) is 17.7 Å². The Hall–Kier alpha value is -2.37. The van der Waals surface area contributed by atoms with E-state index in [0.29, 0.717) is 25.9 Å². The number of aryl methyl sites for hydroxylation is 1. The zero-order valence-electron chi connectivity index (χ0n) is 17.3. The fourth-order valence-corrected chi connectivity index (χ4v) is 3.52. The van der Waals surface area contributed by atoms with Crippen LogP contribution in [-0.2, 0) is 14.4 Å². The molecule has 1 aromatic carbocycles. The summed E-state index contributed by atoms with van der Waals surface area (Å²) in [5, 5.41) is 5.88. The van der Waals surface area contributed by atoms with Crippen molar-refractivity contribution in [3.63, 3.8) is 0 Å². The van der Waals surface area contributed by atoms with Crippen LogP contribution >= 0.6 is 0 Å². The second kappa shape index (κ2) is 10.8. The van der Waals surface area contributed by atoms with Crippen LogP contribution in [-0.4, -0.2) is 42.3 Å². The van der Waals surface area contributed by atoms with Crippen LogP contribution < -0.4 is 10.6 Å². The van der Waals surface area contributed by atoms with Gasteiger partial charge in [-0.15, -0.1) is 0 Å². The first-order valence-corrected chi connectivity index (χ1v) is 10.3. The molecule has 1 atom stereocenters. The van der Waals surface area contributed by atoms with Gasteiger partial charge in [-0.25, -0.2) is 0 Å². The van der Waals surface area contributed by atoms with Crippen molar-refractivity contribution in [3.05, 3.63) is 35.4 Å². The first kappa shape index (κ1) is 21.9. The predicted octanol–water partition coefficient (Wildman–Crippen LogP) is 2.72. The summed E-state index contributed by atoms with van der Waals surface area (Å²) in [6.07, 6.45) is 3.67. The lowest BCUT2D eigenvalue weighted by Gasteiger charge is -2.32. The minimum atomic E-state index is -0.333. The number of carbonyl (C=O) groups is 3. The average Bonchev–Trinajstić information content (AvgIpc) is 2.68. The van der Waals surface area contributed by atoms with Gasteiger partial charge >= 0.3 is 0 Å². The number of unbranched alkanes of at least 4 members (excludes halogenated alkanes) is 1. The van der Waals surface area contributed by atoms with E-state index in [4.69, 9.17) is 0 Å². The Kier molecular flexibility index (Phi) is 8.48. The number of nitrogens with one attached hydrogen (secondary N) is 2. The highest BCUT2D eigenvalue weighted by atomic mass is 16.2. The minimum absolute atomic E-state index is 0.0100. The zero-order valence-corrected chi connectivity index (χ0v) is 17.3. The molecule has 28 heavy (non-hydrogen) atoms. The quantitative estimate of drug-likeness (QED) is 0.673. The smallest absolute Gasteiger partial charge is 0.224 e. The van der Waals surface area contributed by atoms with Crippen LogP contribution in [0.3, 0.4) is 0 Å². The van der Waals surface area contributed by atoms with Crippen molar-refractivity contribution in [1.29, 1.82) is 0 Å². The van der Waals surface area contributed by atoms with Crippen molar-refractivity contribution in [2.24, 2.45) is 5.92 Å². The maximum absolute atomic E-state index is 12.8. The van der Waals surface area contributed by atoms with Crippen molar-refractivity contribution >= 4 is 17.7 Å². The van der Waals surface area contributed by atoms with Crippen LogP contribution in [0.2, 0.25) is 0 Å². The molecule has 6 nitrogen and oxygen atoms in total. The lowest BCUT2D eigenvalue weighted by molar-refractivity contribution is -0.136. The molecule has 0 spiro atoms. The van der Waals surface area contributed by atoms with Crippen LogP contribution in [0, 0.1) is 12.8 Å². The van der Waals surface area contributed by atoms with Crippen molar-refractivity contribution in [3.8, 4) is 0 Å². The SMILES string of the molecule is CCCCNC(=O)C1CCN(C(=O)CC(NC(C)=O)c2ccc(C)cc2)CC1. The van der Waals surface area contributed by atoms with Crippen molar-refractivity contribution < 1.29 is 14.4 Å². The van der Waals surface area contributed by atoms with E-state index < -0.39 is 0 Å². The summed E-state index contributed by atoms with van der Waals surface area (Å²) in [6.45, 7) is 7.47. The second-order valence-electron chi connectivity index (χ2n) is 7.67. The summed E-state index contributed by atoms with van der Waals surface area (Å²) in [6, 6.07) is 7.54. The molecule has 154 valence electrons. The molecule has 3 amide bonds. The minimum Gasteiger partial charge on any atom is -0.356 e.